The second-order valence-corrected chi connectivity index (χ2v) is 10.1. The molecule has 0 atom stereocenters. The Bertz CT molecular complexity index is 1080. The van der Waals surface area contributed by atoms with E-state index in [1.807, 2.05) is 30.3 Å². The summed E-state index contributed by atoms with van der Waals surface area (Å²) in [6, 6.07) is 18.1. The van der Waals surface area contributed by atoms with Crippen LogP contribution in [0.5, 0.6) is 11.5 Å². The Hall–Kier alpha value is -2.48. The highest BCUT2D eigenvalue weighted by atomic mass is 32.2. The number of carbonyl (C=O) groups excluding carboxylic acids is 1. The fourth-order valence-corrected chi connectivity index (χ4v) is 6.05. The number of hydrogen-bond donors (Lipinski definition) is 1. The molecule has 2 aliphatic rings. The Balaban J connectivity index is 1.32. The molecule has 1 aromatic heterocycles. The van der Waals surface area contributed by atoms with Gasteiger partial charge in [-0.3, -0.25) is 4.79 Å². The predicted octanol–water partition coefficient (Wildman–Crippen LogP) is 5.25. The van der Waals surface area contributed by atoms with Crippen LogP contribution in [0, 0.1) is 0 Å². The molecule has 3 aromatic rings. The van der Waals surface area contributed by atoms with E-state index in [0.29, 0.717) is 19.8 Å². The van der Waals surface area contributed by atoms with E-state index in [-0.39, 0.29) is 18.1 Å². The molecular weight excluding hydrogens is 442 g/mol. The summed E-state index contributed by atoms with van der Waals surface area (Å²) in [6.07, 6.45) is 1.70. The molecule has 7 heteroatoms. The molecule has 2 aliphatic heterocycles. The molecule has 166 valence electrons. The molecule has 1 fully saturated rings. The van der Waals surface area contributed by atoms with E-state index < -0.39 is 0 Å². The quantitative estimate of drug-likeness (QED) is 0.481. The lowest BCUT2D eigenvalue weighted by molar-refractivity contribution is 0.0486. The van der Waals surface area contributed by atoms with Crippen LogP contribution in [-0.2, 0) is 15.9 Å². The minimum atomic E-state index is -0.187. The van der Waals surface area contributed by atoms with Gasteiger partial charge in [0.25, 0.3) is 5.91 Å². The van der Waals surface area contributed by atoms with Crippen LogP contribution in [0.3, 0.4) is 0 Å². The summed E-state index contributed by atoms with van der Waals surface area (Å²) < 4.78 is 16.7. The first-order valence-corrected chi connectivity index (χ1v) is 12.6. The van der Waals surface area contributed by atoms with Gasteiger partial charge < -0.3 is 19.5 Å². The summed E-state index contributed by atoms with van der Waals surface area (Å²) in [6.45, 7) is 2.17. The van der Waals surface area contributed by atoms with E-state index in [1.165, 1.54) is 4.88 Å². The number of thiophene rings is 1. The Morgan fingerprint density at radius 2 is 1.88 bits per heavy atom. The summed E-state index contributed by atoms with van der Waals surface area (Å²) in [5.74, 6) is 2.37. The highest BCUT2D eigenvalue weighted by molar-refractivity contribution is 7.98. The zero-order chi connectivity index (χ0) is 21.8. The molecule has 1 saturated heterocycles. The van der Waals surface area contributed by atoms with Crippen molar-refractivity contribution in [2.24, 2.45) is 0 Å². The van der Waals surface area contributed by atoms with Crippen LogP contribution >= 0.6 is 23.1 Å². The van der Waals surface area contributed by atoms with Gasteiger partial charge in [0.15, 0.2) is 11.5 Å². The van der Waals surface area contributed by atoms with Gasteiger partial charge in [-0.15, -0.1) is 23.1 Å². The van der Waals surface area contributed by atoms with Gasteiger partial charge in [-0.25, -0.2) is 0 Å². The van der Waals surface area contributed by atoms with Crippen molar-refractivity contribution in [1.29, 1.82) is 0 Å². The first-order valence-electron chi connectivity index (χ1n) is 10.7. The average Bonchev–Trinajstić information content (AvgIpc) is 3.53. The fourth-order valence-electron chi connectivity index (χ4n) is 4.22. The zero-order valence-electron chi connectivity index (χ0n) is 17.7. The van der Waals surface area contributed by atoms with Crippen LogP contribution in [0.1, 0.15) is 33.6 Å². The normalized spacial score (nSPS) is 16.6. The summed E-state index contributed by atoms with van der Waals surface area (Å²) in [5, 5.41) is 5.31. The third kappa shape index (κ3) is 4.51. The van der Waals surface area contributed by atoms with Gasteiger partial charge in [-0.1, -0.05) is 24.3 Å². The Morgan fingerprint density at radius 1 is 1.03 bits per heavy atom. The van der Waals surface area contributed by atoms with Crippen LogP contribution in [0.25, 0.3) is 0 Å². The molecule has 2 aromatic carbocycles. The second kappa shape index (κ2) is 9.57. The molecule has 5 nitrogen and oxygen atoms in total. The molecule has 0 unspecified atom stereocenters. The van der Waals surface area contributed by atoms with Crippen molar-refractivity contribution in [3.05, 3.63) is 76.0 Å². The SMILES string of the molecule is O=C(NCC1(c2ccc3c(c2)OCO3)CCOCC1)c1ccccc1SCc1cccs1. The zero-order valence-corrected chi connectivity index (χ0v) is 19.3. The number of hydrogen-bond acceptors (Lipinski definition) is 6. The molecular formula is C25H25NO4S2. The lowest BCUT2D eigenvalue weighted by Crippen LogP contribution is -2.44. The molecule has 0 radical (unpaired) electrons. The second-order valence-electron chi connectivity index (χ2n) is 8.01. The summed E-state index contributed by atoms with van der Waals surface area (Å²) in [5.41, 5.74) is 1.70. The van der Waals surface area contributed by atoms with Gasteiger partial charge in [0.05, 0.1) is 5.56 Å². The highest BCUT2D eigenvalue weighted by Gasteiger charge is 2.36. The Labute approximate surface area is 196 Å². The summed E-state index contributed by atoms with van der Waals surface area (Å²) >= 11 is 3.44. The maximum absolute atomic E-state index is 13.2. The predicted molar refractivity (Wildman–Crippen MR) is 127 cm³/mol. The lowest BCUT2D eigenvalue weighted by Gasteiger charge is -2.38. The number of amides is 1. The maximum atomic E-state index is 13.2. The number of fused-ring (bicyclic) bond motifs is 1. The number of ether oxygens (including phenoxy) is 3. The molecule has 0 bridgehead atoms. The van der Waals surface area contributed by atoms with E-state index in [2.05, 4.69) is 35.0 Å². The molecule has 0 spiro atoms. The smallest absolute Gasteiger partial charge is 0.252 e. The molecule has 1 amide bonds. The third-order valence-corrected chi connectivity index (χ3v) is 8.29. The number of carbonyl (C=O) groups is 1. The van der Waals surface area contributed by atoms with E-state index in [4.69, 9.17) is 14.2 Å². The van der Waals surface area contributed by atoms with Crippen LogP contribution in [-0.4, -0.2) is 32.5 Å². The Morgan fingerprint density at radius 3 is 2.72 bits per heavy atom. The number of thioether (sulfide) groups is 1. The molecule has 1 N–H and O–H groups in total. The minimum Gasteiger partial charge on any atom is -0.454 e. The fraction of sp³-hybridized carbons (Fsp3) is 0.320. The van der Waals surface area contributed by atoms with E-state index in [0.717, 1.165) is 46.1 Å². The van der Waals surface area contributed by atoms with Gasteiger partial charge in [0, 0.05) is 40.7 Å². The number of benzene rings is 2. The van der Waals surface area contributed by atoms with E-state index in [1.54, 1.807) is 23.1 Å². The van der Waals surface area contributed by atoms with Crippen LogP contribution in [0.2, 0.25) is 0 Å². The van der Waals surface area contributed by atoms with Crippen LogP contribution < -0.4 is 14.8 Å². The Kier molecular flexibility index (Phi) is 6.39. The monoisotopic (exact) mass is 467 g/mol. The average molecular weight is 468 g/mol. The number of rotatable bonds is 7. The van der Waals surface area contributed by atoms with Crippen LogP contribution in [0.15, 0.2) is 64.9 Å². The molecule has 3 heterocycles. The molecule has 0 saturated carbocycles. The molecule has 5 rings (SSSR count). The standard InChI is InChI=1S/C25H25NO4S2/c27-24(20-5-1-2-6-23(20)32-15-19-4-3-13-31-19)26-16-25(9-11-28-12-10-25)18-7-8-21-22(14-18)30-17-29-21/h1-8,13-14H,9-12,15-17H2,(H,26,27). The van der Waals surface area contributed by atoms with Crippen molar-refractivity contribution < 1.29 is 19.0 Å². The van der Waals surface area contributed by atoms with Gasteiger partial charge in [0.1, 0.15) is 0 Å². The van der Waals surface area contributed by atoms with Crippen molar-refractivity contribution in [2.45, 2.75) is 28.9 Å². The first kappa shape index (κ1) is 21.4. The van der Waals surface area contributed by atoms with Crippen molar-refractivity contribution in [3.8, 4) is 11.5 Å². The van der Waals surface area contributed by atoms with Gasteiger partial charge in [-0.2, -0.15) is 0 Å². The van der Waals surface area contributed by atoms with Crippen LogP contribution in [0.4, 0.5) is 0 Å². The van der Waals surface area contributed by atoms with Crippen molar-refractivity contribution in [1.82, 2.24) is 5.32 Å². The van der Waals surface area contributed by atoms with Crippen molar-refractivity contribution in [2.75, 3.05) is 26.6 Å². The highest BCUT2D eigenvalue weighted by Crippen LogP contribution is 2.40. The van der Waals surface area contributed by atoms with E-state index in [9.17, 15) is 4.79 Å². The topological polar surface area (TPSA) is 56.8 Å². The van der Waals surface area contributed by atoms with Crippen molar-refractivity contribution in [3.63, 3.8) is 0 Å². The minimum absolute atomic E-state index is 0.0362. The van der Waals surface area contributed by atoms with Gasteiger partial charge in [-0.05, 0) is 54.1 Å². The number of nitrogens with one attached hydrogen (secondary N) is 1. The molecule has 32 heavy (non-hydrogen) atoms. The summed E-state index contributed by atoms with van der Waals surface area (Å²) in [4.78, 5) is 15.5. The summed E-state index contributed by atoms with van der Waals surface area (Å²) in [7, 11) is 0. The lowest BCUT2D eigenvalue weighted by atomic mass is 9.74. The molecule has 0 aliphatic carbocycles. The van der Waals surface area contributed by atoms with Gasteiger partial charge in [0.2, 0.25) is 6.79 Å². The maximum Gasteiger partial charge on any atom is 0.252 e. The van der Waals surface area contributed by atoms with E-state index >= 15 is 0 Å². The van der Waals surface area contributed by atoms with Gasteiger partial charge >= 0.3 is 0 Å². The third-order valence-electron chi connectivity index (χ3n) is 6.10. The first-order chi connectivity index (χ1) is 15.7. The van der Waals surface area contributed by atoms with Crippen molar-refractivity contribution >= 4 is 29.0 Å². The largest absolute Gasteiger partial charge is 0.454 e.